The Kier molecular flexibility index (Phi) is 5.19. The molecule has 106 valence electrons. The lowest BCUT2D eigenvalue weighted by Crippen LogP contribution is -2.21. The molecule has 0 bridgehead atoms. The number of benzene rings is 2. The van der Waals surface area contributed by atoms with Gasteiger partial charge in [-0.15, -0.1) is 0 Å². The lowest BCUT2D eigenvalue weighted by molar-refractivity contribution is 0.768. The summed E-state index contributed by atoms with van der Waals surface area (Å²) in [5.74, 6) is 0. The molecule has 2 aromatic carbocycles. The maximum atomic E-state index is 6.13. The molecule has 2 rings (SSSR count). The molecule has 0 radical (unpaired) electrons. The van der Waals surface area contributed by atoms with Gasteiger partial charge in [-0.25, -0.2) is 0 Å². The summed E-state index contributed by atoms with van der Waals surface area (Å²) in [7, 11) is 0. The largest absolute Gasteiger partial charge is 0.341 e. The third kappa shape index (κ3) is 3.40. The second-order valence-corrected chi connectivity index (χ2v) is 5.19. The van der Waals surface area contributed by atoms with Crippen LogP contribution in [-0.4, -0.2) is 6.54 Å². The summed E-state index contributed by atoms with van der Waals surface area (Å²) in [5, 5.41) is 0. The van der Waals surface area contributed by atoms with Gasteiger partial charge in [-0.05, 0) is 37.1 Å². The zero-order valence-electron chi connectivity index (χ0n) is 12.4. The molecular formula is C18H24N2. The van der Waals surface area contributed by atoms with Crippen molar-refractivity contribution < 1.29 is 0 Å². The number of unbranched alkanes of at least 4 members (excludes halogenated alkanes) is 1. The second kappa shape index (κ2) is 7.11. The zero-order chi connectivity index (χ0) is 14.4. The summed E-state index contributed by atoms with van der Waals surface area (Å²) in [5.41, 5.74) is 9.79. The van der Waals surface area contributed by atoms with Crippen LogP contribution in [0.1, 0.15) is 38.3 Å². The van der Waals surface area contributed by atoms with Gasteiger partial charge in [-0.2, -0.15) is 0 Å². The SMILES string of the molecule is CCCCN(c1ccccc1)c1ccccc1[C@H](C)N. The van der Waals surface area contributed by atoms with E-state index < -0.39 is 0 Å². The van der Waals surface area contributed by atoms with Crippen LogP contribution in [0.4, 0.5) is 11.4 Å². The molecule has 2 nitrogen and oxygen atoms in total. The maximum absolute atomic E-state index is 6.13. The first-order valence-electron chi connectivity index (χ1n) is 7.41. The van der Waals surface area contributed by atoms with Crippen molar-refractivity contribution in [3.63, 3.8) is 0 Å². The minimum atomic E-state index is 0.0408. The van der Waals surface area contributed by atoms with Crippen LogP contribution in [0.25, 0.3) is 0 Å². The molecular weight excluding hydrogens is 244 g/mol. The molecule has 0 saturated carbocycles. The van der Waals surface area contributed by atoms with E-state index in [1.165, 1.54) is 29.8 Å². The molecule has 0 aliphatic carbocycles. The predicted molar refractivity (Wildman–Crippen MR) is 87.4 cm³/mol. The van der Waals surface area contributed by atoms with Gasteiger partial charge in [-0.3, -0.25) is 0 Å². The van der Waals surface area contributed by atoms with Crippen molar-refractivity contribution >= 4 is 11.4 Å². The van der Waals surface area contributed by atoms with Crippen LogP contribution in [0.2, 0.25) is 0 Å². The number of para-hydroxylation sites is 2. The van der Waals surface area contributed by atoms with Crippen molar-refractivity contribution in [3.05, 3.63) is 60.2 Å². The summed E-state index contributed by atoms with van der Waals surface area (Å²) in [6, 6.07) is 19.0. The third-order valence-electron chi connectivity index (χ3n) is 3.52. The van der Waals surface area contributed by atoms with Crippen molar-refractivity contribution in [1.82, 2.24) is 0 Å². The first kappa shape index (κ1) is 14.6. The standard InChI is InChI=1S/C18H24N2/c1-3-4-14-20(16-10-6-5-7-11-16)18-13-9-8-12-17(18)15(2)19/h5-13,15H,3-4,14,19H2,1-2H3/t15-/m0/s1. The van der Waals surface area contributed by atoms with Crippen LogP contribution in [0.15, 0.2) is 54.6 Å². The van der Waals surface area contributed by atoms with Crippen molar-refractivity contribution in [2.24, 2.45) is 5.73 Å². The molecule has 2 aromatic rings. The van der Waals surface area contributed by atoms with Gasteiger partial charge in [0.1, 0.15) is 0 Å². The van der Waals surface area contributed by atoms with Gasteiger partial charge in [0.05, 0.1) is 0 Å². The van der Waals surface area contributed by atoms with Gasteiger partial charge in [0.15, 0.2) is 0 Å². The average Bonchev–Trinajstić information content (AvgIpc) is 2.49. The smallest absolute Gasteiger partial charge is 0.0459 e. The molecule has 2 heteroatoms. The van der Waals surface area contributed by atoms with E-state index in [9.17, 15) is 0 Å². The summed E-state index contributed by atoms with van der Waals surface area (Å²) in [4.78, 5) is 2.38. The minimum Gasteiger partial charge on any atom is -0.341 e. The van der Waals surface area contributed by atoms with E-state index in [1.54, 1.807) is 0 Å². The van der Waals surface area contributed by atoms with Crippen LogP contribution in [-0.2, 0) is 0 Å². The number of nitrogens with two attached hydrogens (primary N) is 1. The Morgan fingerprint density at radius 2 is 1.65 bits per heavy atom. The number of rotatable bonds is 6. The van der Waals surface area contributed by atoms with Crippen molar-refractivity contribution in [2.75, 3.05) is 11.4 Å². The van der Waals surface area contributed by atoms with Gasteiger partial charge in [0, 0.05) is 24.0 Å². The topological polar surface area (TPSA) is 29.3 Å². The van der Waals surface area contributed by atoms with E-state index >= 15 is 0 Å². The van der Waals surface area contributed by atoms with Crippen LogP contribution >= 0.6 is 0 Å². The van der Waals surface area contributed by atoms with Crippen LogP contribution < -0.4 is 10.6 Å². The highest BCUT2D eigenvalue weighted by Crippen LogP contribution is 2.31. The van der Waals surface area contributed by atoms with Crippen molar-refractivity contribution in [2.45, 2.75) is 32.7 Å². The lowest BCUT2D eigenvalue weighted by Gasteiger charge is -2.28. The Morgan fingerprint density at radius 3 is 2.30 bits per heavy atom. The predicted octanol–water partition coefficient (Wildman–Crippen LogP) is 4.64. The monoisotopic (exact) mass is 268 g/mol. The molecule has 0 aliphatic rings. The molecule has 0 fully saturated rings. The molecule has 20 heavy (non-hydrogen) atoms. The van der Waals surface area contributed by atoms with Crippen LogP contribution in [0, 0.1) is 0 Å². The van der Waals surface area contributed by atoms with Gasteiger partial charge < -0.3 is 10.6 Å². The average molecular weight is 268 g/mol. The second-order valence-electron chi connectivity index (χ2n) is 5.19. The lowest BCUT2D eigenvalue weighted by atomic mass is 10.0. The highest BCUT2D eigenvalue weighted by atomic mass is 15.1. The summed E-state index contributed by atoms with van der Waals surface area (Å²) in [6.07, 6.45) is 2.35. The Hall–Kier alpha value is -1.80. The van der Waals surface area contributed by atoms with Crippen molar-refractivity contribution in [3.8, 4) is 0 Å². The van der Waals surface area contributed by atoms with E-state index in [0.29, 0.717) is 0 Å². The molecule has 0 spiro atoms. The fourth-order valence-corrected chi connectivity index (χ4v) is 2.43. The number of anilines is 2. The summed E-state index contributed by atoms with van der Waals surface area (Å²) >= 11 is 0. The molecule has 0 saturated heterocycles. The molecule has 2 N–H and O–H groups in total. The molecule has 1 atom stereocenters. The van der Waals surface area contributed by atoms with Gasteiger partial charge in [0.25, 0.3) is 0 Å². The van der Waals surface area contributed by atoms with Gasteiger partial charge >= 0.3 is 0 Å². The normalized spacial score (nSPS) is 12.2. The molecule has 0 amide bonds. The Labute approximate surface area is 122 Å². The van der Waals surface area contributed by atoms with Crippen molar-refractivity contribution in [1.29, 1.82) is 0 Å². The molecule has 0 aliphatic heterocycles. The van der Waals surface area contributed by atoms with Gasteiger partial charge in [-0.1, -0.05) is 49.7 Å². The first-order chi connectivity index (χ1) is 9.74. The van der Waals surface area contributed by atoms with E-state index in [2.05, 4.69) is 66.4 Å². The summed E-state index contributed by atoms with van der Waals surface area (Å²) < 4.78 is 0. The van der Waals surface area contributed by atoms with E-state index in [-0.39, 0.29) is 6.04 Å². The van der Waals surface area contributed by atoms with Gasteiger partial charge in [0.2, 0.25) is 0 Å². The highest BCUT2D eigenvalue weighted by Gasteiger charge is 2.14. The van der Waals surface area contributed by atoms with E-state index in [4.69, 9.17) is 5.73 Å². The van der Waals surface area contributed by atoms with Crippen LogP contribution in [0.3, 0.4) is 0 Å². The fourth-order valence-electron chi connectivity index (χ4n) is 2.43. The van der Waals surface area contributed by atoms with Crippen LogP contribution in [0.5, 0.6) is 0 Å². The number of hydrogen-bond donors (Lipinski definition) is 1. The molecule has 0 unspecified atom stereocenters. The first-order valence-corrected chi connectivity index (χ1v) is 7.41. The molecule has 0 aromatic heterocycles. The minimum absolute atomic E-state index is 0.0408. The maximum Gasteiger partial charge on any atom is 0.0459 e. The third-order valence-corrected chi connectivity index (χ3v) is 3.52. The van der Waals surface area contributed by atoms with E-state index in [0.717, 1.165) is 6.54 Å². The number of hydrogen-bond acceptors (Lipinski definition) is 2. The molecule has 0 heterocycles. The fraction of sp³-hybridized carbons (Fsp3) is 0.333. The number of nitrogens with zero attached hydrogens (tertiary/aromatic N) is 1. The summed E-state index contributed by atoms with van der Waals surface area (Å²) in [6.45, 7) is 5.28. The highest BCUT2D eigenvalue weighted by molar-refractivity contribution is 5.66. The quantitative estimate of drug-likeness (QED) is 0.826. The Morgan fingerprint density at radius 1 is 1.00 bits per heavy atom. The zero-order valence-corrected chi connectivity index (χ0v) is 12.4. The van der Waals surface area contributed by atoms with E-state index in [1.807, 2.05) is 6.92 Å². The Bertz CT molecular complexity index is 520. The Balaban J connectivity index is 2.41.